The van der Waals surface area contributed by atoms with Gasteiger partial charge in [-0.05, 0) is 48.3 Å². The molecule has 1 saturated heterocycles. The van der Waals surface area contributed by atoms with Gasteiger partial charge in [-0.1, -0.05) is 39.0 Å². The number of para-hydroxylation sites is 1. The molecular weight excluding hydrogens is 352 g/mol. The number of thiophene rings is 1. The zero-order chi connectivity index (χ0) is 19.0. The van der Waals surface area contributed by atoms with Gasteiger partial charge in [0.15, 0.2) is 0 Å². The largest absolute Gasteiger partial charge is 0.368 e. The van der Waals surface area contributed by atoms with Crippen molar-refractivity contribution >= 4 is 22.9 Å². The van der Waals surface area contributed by atoms with E-state index >= 15 is 0 Å². The predicted octanol–water partition coefficient (Wildman–Crippen LogP) is 4.86. The highest BCUT2D eigenvalue weighted by molar-refractivity contribution is 7.10. The van der Waals surface area contributed by atoms with E-state index in [9.17, 15) is 4.79 Å². The molecule has 2 aliphatic rings. The van der Waals surface area contributed by atoms with E-state index in [4.69, 9.17) is 0 Å². The Balaban J connectivity index is 1.42. The molecule has 1 aromatic carbocycles. The Morgan fingerprint density at radius 2 is 1.78 bits per heavy atom. The Morgan fingerprint density at radius 1 is 1.07 bits per heavy atom. The van der Waals surface area contributed by atoms with Crippen LogP contribution in [0.3, 0.4) is 0 Å². The van der Waals surface area contributed by atoms with Crippen LogP contribution in [0.15, 0.2) is 35.7 Å². The van der Waals surface area contributed by atoms with E-state index in [1.807, 2.05) is 6.07 Å². The number of benzene rings is 1. The number of nitrogens with zero attached hydrogens (tertiary/aromatic N) is 2. The molecule has 1 aromatic heterocycles. The molecule has 1 amide bonds. The molecule has 144 valence electrons. The number of amides is 1. The van der Waals surface area contributed by atoms with Crippen molar-refractivity contribution < 1.29 is 4.79 Å². The Morgan fingerprint density at radius 3 is 2.44 bits per heavy atom. The summed E-state index contributed by atoms with van der Waals surface area (Å²) in [5, 5.41) is 2.13. The molecule has 1 fully saturated rings. The maximum atomic E-state index is 13.2. The molecule has 0 saturated carbocycles. The first-order valence-corrected chi connectivity index (χ1v) is 11.0. The first kappa shape index (κ1) is 18.5. The van der Waals surface area contributed by atoms with Gasteiger partial charge in [-0.15, -0.1) is 11.3 Å². The standard InChI is InChI=1S/C23H30N2OS/c1-23(2,3)17-9-10-19-20(16-27-21(19)15-17)22(26)25-13-11-24(12-14-25)18-7-5-4-6-8-18/h4-8,16-17H,9-15H2,1-3H3. The van der Waals surface area contributed by atoms with Gasteiger partial charge in [-0.25, -0.2) is 0 Å². The third kappa shape index (κ3) is 3.77. The topological polar surface area (TPSA) is 23.6 Å². The molecule has 4 rings (SSSR count). The Hall–Kier alpha value is -1.81. The average molecular weight is 383 g/mol. The van der Waals surface area contributed by atoms with Crippen molar-refractivity contribution in [1.29, 1.82) is 0 Å². The number of hydrogen-bond donors (Lipinski definition) is 0. The van der Waals surface area contributed by atoms with E-state index in [1.165, 1.54) is 22.5 Å². The molecule has 1 aliphatic heterocycles. The van der Waals surface area contributed by atoms with Gasteiger partial charge in [0.05, 0.1) is 5.56 Å². The molecule has 0 radical (unpaired) electrons. The summed E-state index contributed by atoms with van der Waals surface area (Å²) in [5.41, 5.74) is 3.93. The van der Waals surface area contributed by atoms with Gasteiger partial charge in [0.25, 0.3) is 5.91 Å². The first-order valence-electron chi connectivity index (χ1n) is 10.1. The molecular formula is C23H30N2OS. The predicted molar refractivity (Wildman–Crippen MR) is 114 cm³/mol. The second-order valence-electron chi connectivity index (χ2n) is 8.97. The summed E-state index contributed by atoms with van der Waals surface area (Å²) in [7, 11) is 0. The highest BCUT2D eigenvalue weighted by Gasteiger charge is 2.33. The molecule has 3 nitrogen and oxygen atoms in total. The minimum atomic E-state index is 0.245. The fourth-order valence-corrected chi connectivity index (χ4v) is 5.56. The van der Waals surface area contributed by atoms with Crippen molar-refractivity contribution in [3.8, 4) is 0 Å². The van der Waals surface area contributed by atoms with E-state index in [1.54, 1.807) is 11.3 Å². The van der Waals surface area contributed by atoms with Crippen LogP contribution in [0.2, 0.25) is 0 Å². The molecule has 2 aromatic rings. The molecule has 1 unspecified atom stereocenters. The lowest BCUT2D eigenvalue weighted by molar-refractivity contribution is 0.0745. The van der Waals surface area contributed by atoms with Gasteiger partial charge in [0.1, 0.15) is 0 Å². The number of hydrogen-bond acceptors (Lipinski definition) is 3. The van der Waals surface area contributed by atoms with Crippen LogP contribution in [0.25, 0.3) is 0 Å². The number of carbonyl (C=O) groups excluding carboxylic acids is 1. The van der Waals surface area contributed by atoms with Crippen LogP contribution in [0, 0.1) is 11.3 Å². The van der Waals surface area contributed by atoms with Crippen LogP contribution >= 0.6 is 11.3 Å². The SMILES string of the molecule is CC(C)(C)C1CCc2c(C(=O)N3CCN(c4ccccc4)CC3)csc2C1. The maximum absolute atomic E-state index is 13.2. The van der Waals surface area contributed by atoms with Crippen molar-refractivity contribution in [2.75, 3.05) is 31.1 Å². The highest BCUT2D eigenvalue weighted by Crippen LogP contribution is 2.40. The van der Waals surface area contributed by atoms with Gasteiger partial charge in [-0.2, -0.15) is 0 Å². The zero-order valence-electron chi connectivity index (χ0n) is 16.7. The fraction of sp³-hybridized carbons (Fsp3) is 0.522. The van der Waals surface area contributed by atoms with Gasteiger partial charge in [0, 0.05) is 42.1 Å². The summed E-state index contributed by atoms with van der Waals surface area (Å²) in [4.78, 5) is 19.0. The molecule has 27 heavy (non-hydrogen) atoms. The van der Waals surface area contributed by atoms with Crippen LogP contribution in [-0.2, 0) is 12.8 Å². The molecule has 0 N–H and O–H groups in total. The Kier molecular flexibility index (Phi) is 5.02. The van der Waals surface area contributed by atoms with Crippen molar-refractivity contribution in [3.63, 3.8) is 0 Å². The minimum absolute atomic E-state index is 0.245. The van der Waals surface area contributed by atoms with Crippen molar-refractivity contribution in [3.05, 3.63) is 51.7 Å². The first-order chi connectivity index (χ1) is 12.9. The van der Waals surface area contributed by atoms with Crippen molar-refractivity contribution in [2.45, 2.75) is 40.0 Å². The second-order valence-corrected chi connectivity index (χ2v) is 9.94. The third-order valence-electron chi connectivity index (χ3n) is 6.30. The summed E-state index contributed by atoms with van der Waals surface area (Å²) in [6.45, 7) is 10.5. The number of carbonyl (C=O) groups is 1. The molecule has 4 heteroatoms. The fourth-order valence-electron chi connectivity index (χ4n) is 4.41. The Bertz CT molecular complexity index is 798. The summed E-state index contributed by atoms with van der Waals surface area (Å²) in [6.07, 6.45) is 3.40. The Labute approximate surface area is 167 Å². The summed E-state index contributed by atoms with van der Waals surface area (Å²) in [6, 6.07) is 10.5. The number of piperazine rings is 1. The third-order valence-corrected chi connectivity index (χ3v) is 7.35. The minimum Gasteiger partial charge on any atom is -0.368 e. The molecule has 2 heterocycles. The monoisotopic (exact) mass is 382 g/mol. The molecule has 1 atom stereocenters. The summed E-state index contributed by atoms with van der Waals surface area (Å²) >= 11 is 1.80. The van der Waals surface area contributed by atoms with Crippen molar-refractivity contribution in [1.82, 2.24) is 4.90 Å². The normalized spacial score (nSPS) is 20.5. The quantitative estimate of drug-likeness (QED) is 0.740. The number of anilines is 1. The number of rotatable bonds is 2. The lowest BCUT2D eigenvalue weighted by atomic mass is 9.72. The molecule has 1 aliphatic carbocycles. The highest BCUT2D eigenvalue weighted by atomic mass is 32.1. The summed E-state index contributed by atoms with van der Waals surface area (Å²) in [5.74, 6) is 0.968. The smallest absolute Gasteiger partial charge is 0.255 e. The summed E-state index contributed by atoms with van der Waals surface area (Å²) < 4.78 is 0. The van der Waals surface area contributed by atoms with E-state index in [-0.39, 0.29) is 5.91 Å². The maximum Gasteiger partial charge on any atom is 0.255 e. The van der Waals surface area contributed by atoms with Gasteiger partial charge in [-0.3, -0.25) is 4.79 Å². The van der Waals surface area contributed by atoms with E-state index in [0.29, 0.717) is 5.41 Å². The van der Waals surface area contributed by atoms with Gasteiger partial charge >= 0.3 is 0 Å². The second kappa shape index (κ2) is 7.31. The van der Waals surface area contributed by atoms with Crippen molar-refractivity contribution in [2.24, 2.45) is 11.3 Å². The van der Waals surface area contributed by atoms with Crippen LogP contribution in [0.4, 0.5) is 5.69 Å². The molecule has 0 spiro atoms. The van der Waals surface area contributed by atoms with Crippen LogP contribution in [-0.4, -0.2) is 37.0 Å². The number of fused-ring (bicyclic) bond motifs is 1. The van der Waals surface area contributed by atoms with Crippen LogP contribution in [0.1, 0.15) is 48.0 Å². The average Bonchev–Trinajstić information content (AvgIpc) is 3.11. The van der Waals surface area contributed by atoms with E-state index in [2.05, 4.69) is 60.2 Å². The van der Waals surface area contributed by atoms with Gasteiger partial charge in [0.2, 0.25) is 0 Å². The lowest BCUT2D eigenvalue weighted by Crippen LogP contribution is -2.49. The lowest BCUT2D eigenvalue weighted by Gasteiger charge is -2.36. The molecule has 0 bridgehead atoms. The van der Waals surface area contributed by atoms with Crippen LogP contribution < -0.4 is 4.90 Å². The van der Waals surface area contributed by atoms with E-state index < -0.39 is 0 Å². The van der Waals surface area contributed by atoms with Crippen LogP contribution in [0.5, 0.6) is 0 Å². The van der Waals surface area contributed by atoms with Gasteiger partial charge < -0.3 is 9.80 Å². The van der Waals surface area contributed by atoms with E-state index in [0.717, 1.165) is 50.5 Å². The zero-order valence-corrected chi connectivity index (χ0v) is 17.5.